The molecule has 3 rings (SSSR count). The van der Waals surface area contributed by atoms with Crippen LogP contribution in [0.15, 0.2) is 30.3 Å². The monoisotopic (exact) mass is 332 g/mol. The van der Waals surface area contributed by atoms with E-state index in [9.17, 15) is 9.90 Å². The minimum Gasteiger partial charge on any atom is -0.480 e. The molecular formula is C17H25BN2O4. The van der Waals surface area contributed by atoms with Crippen LogP contribution in [0.2, 0.25) is 6.32 Å². The standard InChI is InChI=1S/C17H25BN2O4/c21-16(22)15-17(7-4-9-18(23)24)8-10-20(14(17)11-19-15)12-13-5-2-1-3-6-13/h1-3,5-6,14-15,19,23-24H,4,7-12H2,(H,21,22)/t14-,15+,17+/m0/s1. The number of nitrogens with zero attached hydrogens (tertiary/aromatic N) is 1. The molecule has 2 saturated heterocycles. The molecule has 0 spiro atoms. The number of aliphatic carboxylic acids is 1. The lowest BCUT2D eigenvalue weighted by Gasteiger charge is -2.34. The van der Waals surface area contributed by atoms with Crippen molar-refractivity contribution in [2.45, 2.75) is 44.2 Å². The lowest BCUT2D eigenvalue weighted by Crippen LogP contribution is -2.46. The van der Waals surface area contributed by atoms with Crippen LogP contribution in [0.4, 0.5) is 0 Å². The highest BCUT2D eigenvalue weighted by Gasteiger charge is 2.57. The Morgan fingerprint density at radius 2 is 2.08 bits per heavy atom. The van der Waals surface area contributed by atoms with Crippen molar-refractivity contribution in [1.82, 2.24) is 10.2 Å². The van der Waals surface area contributed by atoms with E-state index in [-0.39, 0.29) is 11.5 Å². The number of rotatable bonds is 7. The number of hydrogen-bond acceptors (Lipinski definition) is 5. The van der Waals surface area contributed by atoms with E-state index in [0.29, 0.717) is 25.7 Å². The first-order chi connectivity index (χ1) is 11.5. The lowest BCUT2D eigenvalue weighted by atomic mass is 9.70. The van der Waals surface area contributed by atoms with Gasteiger partial charge in [-0.05, 0) is 31.3 Å². The van der Waals surface area contributed by atoms with Gasteiger partial charge in [-0.2, -0.15) is 0 Å². The van der Waals surface area contributed by atoms with Gasteiger partial charge in [0.2, 0.25) is 0 Å². The van der Waals surface area contributed by atoms with E-state index < -0.39 is 19.1 Å². The third-order valence-electron chi connectivity index (χ3n) is 5.64. The normalized spacial score (nSPS) is 29.6. The molecule has 2 heterocycles. The van der Waals surface area contributed by atoms with Gasteiger partial charge in [0, 0.05) is 24.5 Å². The fourth-order valence-corrected chi connectivity index (χ4v) is 4.53. The largest absolute Gasteiger partial charge is 0.480 e. The number of hydrogen-bond donors (Lipinski definition) is 4. The second kappa shape index (κ2) is 7.23. The molecule has 2 fully saturated rings. The maximum atomic E-state index is 11.7. The molecule has 0 saturated carbocycles. The van der Waals surface area contributed by atoms with Crippen molar-refractivity contribution in [2.24, 2.45) is 5.41 Å². The zero-order valence-corrected chi connectivity index (χ0v) is 13.8. The molecule has 0 amide bonds. The van der Waals surface area contributed by atoms with Gasteiger partial charge in [0.05, 0.1) is 0 Å². The van der Waals surface area contributed by atoms with Crippen LogP contribution >= 0.6 is 0 Å². The Hall–Kier alpha value is -1.41. The zero-order valence-electron chi connectivity index (χ0n) is 13.8. The summed E-state index contributed by atoms with van der Waals surface area (Å²) in [6.45, 7) is 2.38. The molecule has 6 nitrogen and oxygen atoms in total. The molecule has 0 unspecified atom stereocenters. The molecule has 4 N–H and O–H groups in total. The zero-order chi connectivity index (χ0) is 17.2. The molecule has 0 aliphatic carbocycles. The van der Waals surface area contributed by atoms with E-state index in [1.54, 1.807) is 0 Å². The molecule has 2 aliphatic heterocycles. The van der Waals surface area contributed by atoms with Crippen molar-refractivity contribution < 1.29 is 19.9 Å². The van der Waals surface area contributed by atoms with Gasteiger partial charge in [0.15, 0.2) is 0 Å². The molecular weight excluding hydrogens is 307 g/mol. The van der Waals surface area contributed by atoms with E-state index >= 15 is 0 Å². The van der Waals surface area contributed by atoms with Crippen LogP contribution < -0.4 is 5.32 Å². The summed E-state index contributed by atoms with van der Waals surface area (Å²) in [7, 11) is -1.32. The first-order valence-corrected chi connectivity index (χ1v) is 8.63. The smallest absolute Gasteiger partial charge is 0.451 e. The SMILES string of the molecule is O=C(O)[C@H]1NC[C@@H]2N(Cc3ccccc3)CC[C@@]12CCCB(O)O. The Morgan fingerprint density at radius 1 is 1.33 bits per heavy atom. The first-order valence-electron chi connectivity index (χ1n) is 8.63. The Bertz CT molecular complexity index is 571. The fourth-order valence-electron chi connectivity index (χ4n) is 4.53. The van der Waals surface area contributed by atoms with Gasteiger partial charge in [0.1, 0.15) is 6.04 Å². The van der Waals surface area contributed by atoms with Gasteiger partial charge >= 0.3 is 13.1 Å². The molecule has 130 valence electrons. The van der Waals surface area contributed by atoms with Crippen LogP contribution in [0.5, 0.6) is 0 Å². The maximum absolute atomic E-state index is 11.7. The van der Waals surface area contributed by atoms with Gasteiger partial charge in [-0.25, -0.2) is 0 Å². The molecule has 1 aromatic rings. The van der Waals surface area contributed by atoms with Crippen molar-refractivity contribution in [3.05, 3.63) is 35.9 Å². The summed E-state index contributed by atoms with van der Waals surface area (Å²) in [6.07, 6.45) is 2.44. The van der Waals surface area contributed by atoms with Gasteiger partial charge in [-0.15, -0.1) is 0 Å². The highest BCUT2D eigenvalue weighted by atomic mass is 16.4. The number of carboxylic acids is 1. The molecule has 0 bridgehead atoms. The average Bonchev–Trinajstić information content (AvgIpc) is 3.06. The number of likely N-dealkylation sites (tertiary alicyclic amines) is 1. The summed E-state index contributed by atoms with van der Waals surface area (Å²) in [5.74, 6) is -0.802. The Morgan fingerprint density at radius 3 is 2.75 bits per heavy atom. The number of benzene rings is 1. The molecule has 24 heavy (non-hydrogen) atoms. The quantitative estimate of drug-likeness (QED) is 0.545. The number of nitrogens with one attached hydrogen (secondary N) is 1. The fraction of sp³-hybridized carbons (Fsp3) is 0.588. The van der Waals surface area contributed by atoms with E-state index in [1.165, 1.54) is 5.56 Å². The van der Waals surface area contributed by atoms with E-state index in [2.05, 4.69) is 22.3 Å². The third kappa shape index (κ3) is 3.35. The van der Waals surface area contributed by atoms with Crippen molar-refractivity contribution in [1.29, 1.82) is 0 Å². The second-order valence-corrected chi connectivity index (χ2v) is 7.01. The van der Waals surface area contributed by atoms with Crippen LogP contribution in [0.25, 0.3) is 0 Å². The Kier molecular flexibility index (Phi) is 5.25. The summed E-state index contributed by atoms with van der Waals surface area (Å²) in [5.41, 5.74) is 0.910. The molecule has 3 atom stereocenters. The van der Waals surface area contributed by atoms with Crippen molar-refractivity contribution in [3.63, 3.8) is 0 Å². The second-order valence-electron chi connectivity index (χ2n) is 7.01. The molecule has 0 aromatic heterocycles. The summed E-state index contributed by atoms with van der Waals surface area (Å²) in [4.78, 5) is 14.1. The van der Waals surface area contributed by atoms with Gasteiger partial charge in [-0.3, -0.25) is 9.69 Å². The predicted octanol–water partition coefficient (Wildman–Crippen LogP) is 0.557. The van der Waals surface area contributed by atoms with Gasteiger partial charge in [-0.1, -0.05) is 36.8 Å². The van der Waals surface area contributed by atoms with Crippen LogP contribution in [0.1, 0.15) is 24.8 Å². The topological polar surface area (TPSA) is 93.0 Å². The Balaban J connectivity index is 1.75. The predicted molar refractivity (Wildman–Crippen MR) is 91.3 cm³/mol. The summed E-state index contributed by atoms with van der Waals surface area (Å²) in [6, 6.07) is 9.85. The van der Waals surface area contributed by atoms with Crippen LogP contribution in [0.3, 0.4) is 0 Å². The maximum Gasteiger partial charge on any atom is 0.451 e. The molecule has 1 aromatic carbocycles. The summed E-state index contributed by atoms with van der Waals surface area (Å²) in [5, 5.41) is 31.0. The Labute approximate surface area is 142 Å². The average molecular weight is 332 g/mol. The molecule has 7 heteroatoms. The number of fused-ring (bicyclic) bond motifs is 1. The highest BCUT2D eigenvalue weighted by molar-refractivity contribution is 6.40. The van der Waals surface area contributed by atoms with Crippen LogP contribution in [0, 0.1) is 5.41 Å². The van der Waals surface area contributed by atoms with Crippen LogP contribution in [-0.4, -0.2) is 58.3 Å². The van der Waals surface area contributed by atoms with Gasteiger partial charge in [0.25, 0.3) is 0 Å². The van der Waals surface area contributed by atoms with Crippen molar-refractivity contribution in [3.8, 4) is 0 Å². The van der Waals surface area contributed by atoms with Gasteiger partial charge < -0.3 is 20.5 Å². The summed E-state index contributed by atoms with van der Waals surface area (Å²) >= 11 is 0. The number of carboxylic acid groups (broad SMARTS) is 1. The summed E-state index contributed by atoms with van der Waals surface area (Å²) < 4.78 is 0. The minimum atomic E-state index is -1.32. The number of carbonyl (C=O) groups is 1. The van der Waals surface area contributed by atoms with E-state index in [4.69, 9.17) is 10.0 Å². The van der Waals surface area contributed by atoms with Crippen LogP contribution in [-0.2, 0) is 11.3 Å². The first kappa shape index (κ1) is 17.4. The van der Waals surface area contributed by atoms with E-state index in [0.717, 1.165) is 19.5 Å². The molecule has 2 aliphatic rings. The third-order valence-corrected chi connectivity index (χ3v) is 5.64. The van der Waals surface area contributed by atoms with Crippen molar-refractivity contribution >= 4 is 13.1 Å². The lowest BCUT2D eigenvalue weighted by molar-refractivity contribution is -0.142. The minimum absolute atomic E-state index is 0.176. The molecule has 0 radical (unpaired) electrons. The van der Waals surface area contributed by atoms with Crippen molar-refractivity contribution in [2.75, 3.05) is 13.1 Å². The highest BCUT2D eigenvalue weighted by Crippen LogP contribution is 2.48. The van der Waals surface area contributed by atoms with E-state index in [1.807, 2.05) is 18.2 Å².